The van der Waals surface area contributed by atoms with Gasteiger partial charge in [-0.05, 0) is 18.6 Å². The third-order valence-corrected chi connectivity index (χ3v) is 3.00. The van der Waals surface area contributed by atoms with Crippen molar-refractivity contribution in [3.05, 3.63) is 22.8 Å². The Hall–Kier alpha value is -1.33. The fourth-order valence-corrected chi connectivity index (χ4v) is 1.99. The van der Waals surface area contributed by atoms with E-state index in [0.29, 0.717) is 23.9 Å². The molecule has 0 bridgehead atoms. The van der Waals surface area contributed by atoms with Gasteiger partial charge in [-0.25, -0.2) is 4.98 Å². The number of nitrogens with one attached hydrogen (secondary N) is 1. The molecule has 1 aliphatic heterocycles. The molecular formula is C11H15ClN4O. The summed E-state index contributed by atoms with van der Waals surface area (Å²) in [5, 5.41) is 3.41. The van der Waals surface area contributed by atoms with Crippen LogP contribution in [0.1, 0.15) is 12.1 Å². The zero-order valence-corrected chi connectivity index (χ0v) is 10.2. The van der Waals surface area contributed by atoms with E-state index in [1.54, 1.807) is 12.1 Å². The third kappa shape index (κ3) is 3.31. The number of halogens is 1. The molecule has 0 aromatic carbocycles. The van der Waals surface area contributed by atoms with Gasteiger partial charge in [0.2, 0.25) is 5.91 Å². The first-order valence-electron chi connectivity index (χ1n) is 5.55. The van der Waals surface area contributed by atoms with Crippen molar-refractivity contribution in [3.63, 3.8) is 0 Å². The summed E-state index contributed by atoms with van der Waals surface area (Å²) in [6.45, 7) is 2.52. The highest BCUT2D eigenvalue weighted by Crippen LogP contribution is 2.17. The Bertz CT molecular complexity index is 424. The summed E-state index contributed by atoms with van der Waals surface area (Å²) in [6, 6.07) is 3.40. The number of pyridine rings is 1. The second-order valence-electron chi connectivity index (χ2n) is 4.08. The highest BCUT2D eigenvalue weighted by molar-refractivity contribution is 6.31. The molecule has 0 radical (unpaired) electrons. The molecule has 0 spiro atoms. The van der Waals surface area contributed by atoms with E-state index < -0.39 is 0 Å². The van der Waals surface area contributed by atoms with Crippen molar-refractivity contribution in [3.8, 4) is 0 Å². The van der Waals surface area contributed by atoms with Crippen LogP contribution in [0.5, 0.6) is 0 Å². The highest BCUT2D eigenvalue weighted by atomic mass is 35.5. The summed E-state index contributed by atoms with van der Waals surface area (Å²) >= 11 is 6.05. The average molecular weight is 255 g/mol. The van der Waals surface area contributed by atoms with Crippen molar-refractivity contribution in [2.45, 2.75) is 13.0 Å². The number of carbonyl (C=O) groups is 1. The fraction of sp³-hybridized carbons (Fsp3) is 0.455. The van der Waals surface area contributed by atoms with Crippen LogP contribution in [0.4, 0.5) is 5.82 Å². The molecule has 3 N–H and O–H groups in total. The van der Waals surface area contributed by atoms with Crippen molar-refractivity contribution in [1.82, 2.24) is 15.2 Å². The van der Waals surface area contributed by atoms with E-state index >= 15 is 0 Å². The van der Waals surface area contributed by atoms with E-state index in [9.17, 15) is 4.79 Å². The van der Waals surface area contributed by atoms with Gasteiger partial charge < -0.3 is 11.1 Å². The molecule has 2 heterocycles. The van der Waals surface area contributed by atoms with Gasteiger partial charge in [-0.1, -0.05) is 11.6 Å². The molecule has 17 heavy (non-hydrogen) atoms. The summed E-state index contributed by atoms with van der Waals surface area (Å²) in [4.78, 5) is 17.6. The van der Waals surface area contributed by atoms with E-state index in [0.717, 1.165) is 25.2 Å². The number of anilines is 1. The maximum Gasteiger partial charge on any atom is 0.234 e. The number of amides is 1. The molecule has 1 aromatic heterocycles. The molecule has 92 valence electrons. The number of carbonyl (C=O) groups excluding carboxylic acids is 1. The van der Waals surface area contributed by atoms with Crippen molar-refractivity contribution in [2.24, 2.45) is 0 Å². The molecule has 0 saturated carbocycles. The molecular weight excluding hydrogens is 240 g/mol. The number of aromatic nitrogens is 1. The van der Waals surface area contributed by atoms with Crippen LogP contribution in [-0.2, 0) is 11.3 Å². The van der Waals surface area contributed by atoms with Crippen LogP contribution in [0.25, 0.3) is 0 Å². The average Bonchev–Trinajstić information content (AvgIpc) is 2.48. The van der Waals surface area contributed by atoms with Crippen molar-refractivity contribution < 1.29 is 4.79 Å². The maximum atomic E-state index is 11.4. The topological polar surface area (TPSA) is 71.2 Å². The number of nitrogens with zero attached hydrogens (tertiary/aromatic N) is 2. The maximum absolute atomic E-state index is 11.4. The number of nitrogens with two attached hydrogens (primary N) is 1. The Morgan fingerprint density at radius 3 is 3.18 bits per heavy atom. The third-order valence-electron chi connectivity index (χ3n) is 2.65. The van der Waals surface area contributed by atoms with Crippen LogP contribution in [0.2, 0.25) is 5.02 Å². The van der Waals surface area contributed by atoms with E-state index in [1.165, 1.54) is 0 Å². The van der Waals surface area contributed by atoms with Crippen molar-refractivity contribution in [1.29, 1.82) is 0 Å². The van der Waals surface area contributed by atoms with Crippen LogP contribution < -0.4 is 11.1 Å². The van der Waals surface area contributed by atoms with Crippen molar-refractivity contribution in [2.75, 3.05) is 25.4 Å². The fourth-order valence-electron chi connectivity index (χ4n) is 1.83. The summed E-state index contributed by atoms with van der Waals surface area (Å²) in [5.41, 5.74) is 6.35. The minimum Gasteiger partial charge on any atom is -0.384 e. The van der Waals surface area contributed by atoms with Gasteiger partial charge in [0.05, 0.1) is 17.3 Å². The lowest BCUT2D eigenvalue weighted by Gasteiger charge is -2.18. The highest BCUT2D eigenvalue weighted by Gasteiger charge is 2.16. The monoisotopic (exact) mass is 254 g/mol. The Morgan fingerprint density at radius 2 is 2.35 bits per heavy atom. The Labute approximate surface area is 105 Å². The van der Waals surface area contributed by atoms with E-state index in [4.69, 9.17) is 17.3 Å². The predicted molar refractivity (Wildman–Crippen MR) is 66.6 cm³/mol. The van der Waals surface area contributed by atoms with Gasteiger partial charge in [-0.3, -0.25) is 9.69 Å². The number of hydrogen-bond acceptors (Lipinski definition) is 4. The molecule has 1 aliphatic rings. The zero-order valence-electron chi connectivity index (χ0n) is 9.45. The van der Waals surface area contributed by atoms with E-state index in [2.05, 4.69) is 10.3 Å². The second-order valence-corrected chi connectivity index (χ2v) is 4.49. The zero-order chi connectivity index (χ0) is 12.3. The van der Waals surface area contributed by atoms with Gasteiger partial charge in [0.25, 0.3) is 0 Å². The minimum absolute atomic E-state index is 0.0440. The smallest absolute Gasteiger partial charge is 0.234 e. The van der Waals surface area contributed by atoms with Gasteiger partial charge in [0.15, 0.2) is 0 Å². The lowest BCUT2D eigenvalue weighted by atomic mass is 10.3. The molecule has 2 rings (SSSR count). The Balaban J connectivity index is 2.08. The number of rotatable bonds is 2. The second kappa shape index (κ2) is 5.33. The van der Waals surface area contributed by atoms with Gasteiger partial charge in [0, 0.05) is 19.6 Å². The van der Waals surface area contributed by atoms with Gasteiger partial charge in [0.1, 0.15) is 5.82 Å². The molecule has 0 aliphatic carbocycles. The Morgan fingerprint density at radius 1 is 1.53 bits per heavy atom. The summed E-state index contributed by atoms with van der Waals surface area (Å²) in [5.74, 6) is 0.492. The van der Waals surface area contributed by atoms with Gasteiger partial charge >= 0.3 is 0 Å². The Kier molecular flexibility index (Phi) is 3.81. The molecule has 6 heteroatoms. The summed E-state index contributed by atoms with van der Waals surface area (Å²) in [7, 11) is 0. The summed E-state index contributed by atoms with van der Waals surface area (Å²) < 4.78 is 0. The van der Waals surface area contributed by atoms with E-state index in [1.807, 2.05) is 4.90 Å². The van der Waals surface area contributed by atoms with Crippen LogP contribution in [-0.4, -0.2) is 35.4 Å². The SMILES string of the molecule is Nc1ccc(Cl)c(CN2CCCNC(=O)C2)n1. The van der Waals surface area contributed by atoms with Crippen LogP contribution >= 0.6 is 11.6 Å². The van der Waals surface area contributed by atoms with Crippen LogP contribution in [0.15, 0.2) is 12.1 Å². The van der Waals surface area contributed by atoms with Crippen molar-refractivity contribution >= 4 is 23.3 Å². The van der Waals surface area contributed by atoms with Crippen LogP contribution in [0, 0.1) is 0 Å². The molecule has 5 nitrogen and oxygen atoms in total. The molecule has 0 unspecified atom stereocenters. The predicted octanol–water partition coefficient (Wildman–Crippen LogP) is 0.639. The van der Waals surface area contributed by atoms with E-state index in [-0.39, 0.29) is 5.91 Å². The first kappa shape index (κ1) is 12.1. The lowest BCUT2D eigenvalue weighted by molar-refractivity contribution is -0.121. The first-order valence-corrected chi connectivity index (χ1v) is 5.93. The lowest BCUT2D eigenvalue weighted by Crippen LogP contribution is -2.33. The van der Waals surface area contributed by atoms with Gasteiger partial charge in [-0.15, -0.1) is 0 Å². The van der Waals surface area contributed by atoms with Gasteiger partial charge in [-0.2, -0.15) is 0 Å². The summed E-state index contributed by atoms with van der Waals surface area (Å²) in [6.07, 6.45) is 0.936. The minimum atomic E-state index is 0.0440. The number of hydrogen-bond donors (Lipinski definition) is 2. The largest absolute Gasteiger partial charge is 0.384 e. The van der Waals surface area contributed by atoms with Crippen LogP contribution in [0.3, 0.4) is 0 Å². The molecule has 1 aromatic rings. The molecule has 1 amide bonds. The molecule has 1 fully saturated rings. The quantitative estimate of drug-likeness (QED) is 0.813. The first-order chi connectivity index (χ1) is 8.15. The normalized spacial score (nSPS) is 17.6. The number of nitrogen functional groups attached to an aromatic ring is 1. The standard InChI is InChI=1S/C11H15ClN4O/c12-8-2-3-10(13)15-9(8)6-16-5-1-4-14-11(17)7-16/h2-3H,1,4-7H2,(H2,13,15)(H,14,17). The molecule has 0 atom stereocenters. The molecule has 1 saturated heterocycles.